The third-order valence-corrected chi connectivity index (χ3v) is 5.94. The first-order chi connectivity index (χ1) is 16.4. The molecule has 3 rings (SSSR count). The van der Waals surface area contributed by atoms with Gasteiger partial charge < -0.3 is 29.5 Å². The summed E-state index contributed by atoms with van der Waals surface area (Å²) in [4.78, 5) is 0. The molecule has 6 nitrogen and oxygen atoms in total. The minimum absolute atomic E-state index is 0.0807. The number of aliphatic hydroxyl groups is 2. The van der Waals surface area contributed by atoms with E-state index in [0.29, 0.717) is 24.3 Å². The average molecular weight is 467 g/mol. The van der Waals surface area contributed by atoms with Gasteiger partial charge in [0.1, 0.15) is 11.5 Å². The molecule has 1 atom stereocenters. The first kappa shape index (κ1) is 25.7. The number of rotatable bonds is 10. The average Bonchev–Trinajstić information content (AvgIpc) is 2.80. The summed E-state index contributed by atoms with van der Waals surface area (Å²) in [6.07, 6.45) is 0. The zero-order valence-electron chi connectivity index (χ0n) is 20.5. The van der Waals surface area contributed by atoms with E-state index in [0.717, 1.165) is 44.7 Å². The number of hydrogen-bond donors (Lipinski definition) is 3. The molecule has 0 aromatic heterocycles. The molecule has 0 fully saturated rings. The summed E-state index contributed by atoms with van der Waals surface area (Å²) in [6, 6.07) is 14.1. The second-order valence-corrected chi connectivity index (χ2v) is 8.60. The summed E-state index contributed by atoms with van der Waals surface area (Å²) in [5.74, 6) is 0.416. The van der Waals surface area contributed by atoms with Gasteiger partial charge in [-0.2, -0.15) is 0 Å². The molecule has 0 aliphatic carbocycles. The van der Waals surface area contributed by atoms with E-state index < -0.39 is 0 Å². The highest BCUT2D eigenvalue weighted by Crippen LogP contribution is 2.40. The number of aryl methyl sites for hydroxylation is 2. The maximum Gasteiger partial charge on any atom is 0.129 e. The Kier molecular flexibility index (Phi) is 8.69. The number of hydrogen-bond acceptors (Lipinski definition) is 6. The molecule has 3 aromatic rings. The van der Waals surface area contributed by atoms with E-state index in [4.69, 9.17) is 14.2 Å². The van der Waals surface area contributed by atoms with Crippen molar-refractivity contribution >= 4 is 0 Å². The van der Waals surface area contributed by atoms with Crippen molar-refractivity contribution in [3.63, 3.8) is 0 Å². The van der Waals surface area contributed by atoms with Crippen LogP contribution in [-0.2, 0) is 35.9 Å². The van der Waals surface area contributed by atoms with Crippen molar-refractivity contribution in [3.05, 3.63) is 92.5 Å². The van der Waals surface area contributed by atoms with Gasteiger partial charge in [-0.3, -0.25) is 0 Å². The maximum atomic E-state index is 10.5. The number of benzene rings is 3. The normalized spacial score (nSPS) is 12.1. The lowest BCUT2D eigenvalue weighted by molar-refractivity contribution is 0.173. The van der Waals surface area contributed by atoms with Crippen molar-refractivity contribution in [1.29, 1.82) is 0 Å². The number of phenols is 1. The third-order valence-electron chi connectivity index (χ3n) is 5.94. The summed E-state index contributed by atoms with van der Waals surface area (Å²) >= 11 is 0. The third kappa shape index (κ3) is 5.42. The van der Waals surface area contributed by atoms with Gasteiger partial charge in [-0.05, 0) is 54.8 Å². The van der Waals surface area contributed by atoms with Gasteiger partial charge in [0.2, 0.25) is 0 Å². The van der Waals surface area contributed by atoms with Gasteiger partial charge in [0, 0.05) is 42.4 Å². The Morgan fingerprint density at radius 3 is 1.44 bits per heavy atom. The molecule has 0 saturated heterocycles. The molecule has 1 unspecified atom stereocenters. The molecular formula is C28H34O6. The smallest absolute Gasteiger partial charge is 0.129 e. The fourth-order valence-electron chi connectivity index (χ4n) is 4.68. The summed E-state index contributed by atoms with van der Waals surface area (Å²) in [5, 5.41) is 30.2. The molecule has 0 saturated carbocycles. The van der Waals surface area contributed by atoms with Crippen molar-refractivity contribution < 1.29 is 29.5 Å². The molecule has 3 N–H and O–H groups in total. The van der Waals surface area contributed by atoms with Crippen LogP contribution in [0.4, 0.5) is 0 Å². The fraction of sp³-hybridized carbons (Fsp3) is 0.357. The van der Waals surface area contributed by atoms with Crippen molar-refractivity contribution in [2.45, 2.75) is 46.2 Å². The van der Waals surface area contributed by atoms with Gasteiger partial charge in [-0.15, -0.1) is 0 Å². The molecule has 0 bridgehead atoms. The van der Waals surface area contributed by atoms with Crippen LogP contribution >= 0.6 is 0 Å². The van der Waals surface area contributed by atoms with Gasteiger partial charge in [0.25, 0.3) is 0 Å². The van der Waals surface area contributed by atoms with Crippen molar-refractivity contribution in [3.8, 4) is 11.5 Å². The Hall–Kier alpha value is -2.90. The minimum atomic E-state index is -0.335. The summed E-state index contributed by atoms with van der Waals surface area (Å²) < 4.78 is 16.6. The first-order valence-corrected chi connectivity index (χ1v) is 11.2. The molecule has 6 heteroatoms. The van der Waals surface area contributed by atoms with Gasteiger partial charge in [-0.1, -0.05) is 29.3 Å². The standard InChI is InChI=1S/C28H34O6/c1-17-6-18(2)8-19(7-17)26(20-9-22(13-29)27(31)23(10-20)14-30)21-11-24(15-32-3)28(34-5)25(12-21)16-33-4/h6-12,26,29-31H,13-16H2,1-5H3. The van der Waals surface area contributed by atoms with Gasteiger partial charge in [0.05, 0.1) is 33.5 Å². The summed E-state index contributed by atoms with van der Waals surface area (Å²) in [5.41, 5.74) is 7.71. The van der Waals surface area contributed by atoms with Crippen molar-refractivity contribution in [1.82, 2.24) is 0 Å². The van der Waals surface area contributed by atoms with Crippen LogP contribution in [0, 0.1) is 13.8 Å². The highest BCUT2D eigenvalue weighted by Gasteiger charge is 2.23. The predicted molar refractivity (Wildman–Crippen MR) is 131 cm³/mol. The van der Waals surface area contributed by atoms with Gasteiger partial charge in [0.15, 0.2) is 0 Å². The molecule has 0 spiro atoms. The Morgan fingerprint density at radius 1 is 0.647 bits per heavy atom. The highest BCUT2D eigenvalue weighted by atomic mass is 16.5. The van der Waals surface area contributed by atoms with Crippen LogP contribution in [-0.4, -0.2) is 36.6 Å². The van der Waals surface area contributed by atoms with Crippen molar-refractivity contribution in [2.24, 2.45) is 0 Å². The van der Waals surface area contributed by atoms with E-state index in [1.165, 1.54) is 0 Å². The molecule has 3 aromatic carbocycles. The van der Waals surface area contributed by atoms with Crippen LogP contribution in [0.2, 0.25) is 0 Å². The zero-order valence-corrected chi connectivity index (χ0v) is 20.5. The van der Waals surface area contributed by atoms with E-state index in [9.17, 15) is 15.3 Å². The van der Waals surface area contributed by atoms with E-state index in [-0.39, 0.29) is 24.9 Å². The fourth-order valence-corrected chi connectivity index (χ4v) is 4.68. The topological polar surface area (TPSA) is 88.4 Å². The van der Waals surface area contributed by atoms with E-state index in [1.54, 1.807) is 33.5 Å². The van der Waals surface area contributed by atoms with Gasteiger partial charge >= 0.3 is 0 Å². The van der Waals surface area contributed by atoms with Crippen LogP contribution in [0.15, 0.2) is 42.5 Å². The Labute approximate surface area is 201 Å². The molecule has 0 heterocycles. The van der Waals surface area contributed by atoms with Crippen LogP contribution in [0.1, 0.15) is 56.0 Å². The second-order valence-electron chi connectivity index (χ2n) is 8.60. The quantitative estimate of drug-likeness (QED) is 0.382. The summed E-state index contributed by atoms with van der Waals surface area (Å²) in [7, 11) is 4.92. The zero-order chi connectivity index (χ0) is 24.8. The largest absolute Gasteiger partial charge is 0.507 e. The molecule has 0 aliphatic rings. The Balaban J connectivity index is 2.36. The minimum Gasteiger partial charge on any atom is -0.507 e. The second kappa shape index (κ2) is 11.5. The number of aliphatic hydroxyl groups excluding tert-OH is 2. The predicted octanol–water partition coefficient (Wildman–Crippen LogP) is 4.48. The number of methoxy groups -OCH3 is 3. The molecular weight excluding hydrogens is 432 g/mol. The van der Waals surface area contributed by atoms with E-state index in [2.05, 4.69) is 44.2 Å². The lowest BCUT2D eigenvalue weighted by Gasteiger charge is -2.24. The lowest BCUT2D eigenvalue weighted by atomic mass is 9.81. The van der Waals surface area contributed by atoms with Crippen LogP contribution < -0.4 is 4.74 Å². The molecule has 34 heavy (non-hydrogen) atoms. The molecule has 0 aliphatic heterocycles. The Bertz CT molecular complexity index is 1070. The van der Waals surface area contributed by atoms with Crippen LogP contribution in [0.5, 0.6) is 11.5 Å². The first-order valence-electron chi connectivity index (χ1n) is 11.2. The Morgan fingerprint density at radius 2 is 1.06 bits per heavy atom. The van der Waals surface area contributed by atoms with Gasteiger partial charge in [-0.25, -0.2) is 0 Å². The maximum absolute atomic E-state index is 10.5. The van der Waals surface area contributed by atoms with E-state index >= 15 is 0 Å². The lowest BCUT2D eigenvalue weighted by Crippen LogP contribution is -2.10. The number of aromatic hydroxyl groups is 1. The highest BCUT2D eigenvalue weighted by molar-refractivity contribution is 5.54. The SMILES string of the molecule is COCc1cc(C(c2cc(C)cc(C)c2)c2cc(CO)c(O)c(CO)c2)cc(COC)c1OC. The monoisotopic (exact) mass is 466 g/mol. The molecule has 182 valence electrons. The number of ether oxygens (including phenoxy) is 3. The van der Waals surface area contributed by atoms with E-state index in [1.807, 2.05) is 0 Å². The van der Waals surface area contributed by atoms with Crippen LogP contribution in [0.25, 0.3) is 0 Å². The molecule has 0 radical (unpaired) electrons. The van der Waals surface area contributed by atoms with Crippen molar-refractivity contribution in [2.75, 3.05) is 21.3 Å². The summed E-state index contributed by atoms with van der Waals surface area (Å²) in [6.45, 7) is 4.18. The molecule has 0 amide bonds. The van der Waals surface area contributed by atoms with Crippen LogP contribution in [0.3, 0.4) is 0 Å².